The number of nitrogens with zero attached hydrogens (tertiary/aromatic N) is 2. The summed E-state index contributed by atoms with van der Waals surface area (Å²) in [6.07, 6.45) is 2.46. The minimum absolute atomic E-state index is 0.296. The van der Waals surface area contributed by atoms with E-state index >= 15 is 0 Å². The molecule has 1 aliphatic heterocycles. The number of piperazine rings is 1. The Morgan fingerprint density at radius 2 is 1.76 bits per heavy atom. The number of likely N-dealkylation sites (N-methyl/N-ethyl adjacent to an activating group) is 1. The summed E-state index contributed by atoms with van der Waals surface area (Å²) in [6.45, 7) is 13.5. The summed E-state index contributed by atoms with van der Waals surface area (Å²) in [4.78, 5) is 5.09. The standard InChI is InChI=1S/C14H31N3/c1-6-7-14(4,10-15)11-17-8-12(2)16(5)13(3)9-17/h12-13H,6-11,15H2,1-5H3. The predicted molar refractivity (Wildman–Crippen MR) is 75.2 cm³/mol. The summed E-state index contributed by atoms with van der Waals surface area (Å²) in [5.41, 5.74) is 6.27. The lowest BCUT2D eigenvalue weighted by Gasteiger charge is -2.45. The average Bonchev–Trinajstić information content (AvgIpc) is 2.26. The first-order chi connectivity index (χ1) is 7.91. The first kappa shape index (κ1) is 14.9. The molecule has 0 saturated carbocycles. The summed E-state index contributed by atoms with van der Waals surface area (Å²) in [5, 5.41) is 0. The third kappa shape index (κ3) is 3.94. The quantitative estimate of drug-likeness (QED) is 0.796. The van der Waals surface area contributed by atoms with Gasteiger partial charge in [0.2, 0.25) is 0 Å². The molecule has 1 fully saturated rings. The molecule has 2 N–H and O–H groups in total. The topological polar surface area (TPSA) is 32.5 Å². The van der Waals surface area contributed by atoms with Gasteiger partial charge in [-0.3, -0.25) is 9.80 Å². The molecule has 0 aliphatic carbocycles. The van der Waals surface area contributed by atoms with Gasteiger partial charge in [-0.2, -0.15) is 0 Å². The fourth-order valence-electron chi connectivity index (χ4n) is 3.03. The highest BCUT2D eigenvalue weighted by atomic mass is 15.3. The summed E-state index contributed by atoms with van der Waals surface area (Å²) in [5.74, 6) is 0. The van der Waals surface area contributed by atoms with Gasteiger partial charge in [-0.15, -0.1) is 0 Å². The molecular weight excluding hydrogens is 210 g/mol. The van der Waals surface area contributed by atoms with Crippen molar-refractivity contribution in [1.29, 1.82) is 0 Å². The van der Waals surface area contributed by atoms with Crippen LogP contribution in [0, 0.1) is 5.41 Å². The van der Waals surface area contributed by atoms with E-state index in [1.165, 1.54) is 25.9 Å². The largest absolute Gasteiger partial charge is 0.330 e. The molecule has 102 valence electrons. The van der Waals surface area contributed by atoms with Gasteiger partial charge in [0.1, 0.15) is 0 Å². The highest BCUT2D eigenvalue weighted by molar-refractivity contribution is 4.87. The van der Waals surface area contributed by atoms with Crippen LogP contribution < -0.4 is 5.73 Å². The van der Waals surface area contributed by atoms with E-state index in [0.29, 0.717) is 17.5 Å². The van der Waals surface area contributed by atoms with Crippen molar-refractivity contribution in [3.05, 3.63) is 0 Å². The van der Waals surface area contributed by atoms with Crippen LogP contribution in [0.25, 0.3) is 0 Å². The molecule has 0 spiro atoms. The fraction of sp³-hybridized carbons (Fsp3) is 1.00. The summed E-state index contributed by atoms with van der Waals surface area (Å²) >= 11 is 0. The molecule has 1 saturated heterocycles. The van der Waals surface area contributed by atoms with Crippen LogP contribution in [0.3, 0.4) is 0 Å². The Labute approximate surface area is 107 Å². The van der Waals surface area contributed by atoms with Crippen LogP contribution >= 0.6 is 0 Å². The van der Waals surface area contributed by atoms with Crippen molar-refractivity contribution in [3.8, 4) is 0 Å². The molecule has 3 heteroatoms. The van der Waals surface area contributed by atoms with Crippen LogP contribution in [0.15, 0.2) is 0 Å². The Morgan fingerprint density at radius 3 is 2.18 bits per heavy atom. The number of hydrogen-bond donors (Lipinski definition) is 1. The maximum atomic E-state index is 5.97. The average molecular weight is 241 g/mol. The third-order valence-electron chi connectivity index (χ3n) is 4.39. The van der Waals surface area contributed by atoms with E-state index in [9.17, 15) is 0 Å². The molecule has 3 unspecified atom stereocenters. The van der Waals surface area contributed by atoms with Gasteiger partial charge < -0.3 is 5.73 Å². The molecule has 1 rings (SSSR count). The van der Waals surface area contributed by atoms with Gasteiger partial charge in [-0.1, -0.05) is 20.3 Å². The van der Waals surface area contributed by atoms with E-state index < -0.39 is 0 Å². The third-order valence-corrected chi connectivity index (χ3v) is 4.39. The van der Waals surface area contributed by atoms with E-state index in [4.69, 9.17) is 5.73 Å². The minimum atomic E-state index is 0.296. The second-order valence-electron chi connectivity index (χ2n) is 6.32. The maximum Gasteiger partial charge on any atom is 0.0195 e. The lowest BCUT2D eigenvalue weighted by molar-refractivity contribution is 0.0344. The predicted octanol–water partition coefficient (Wildman–Crippen LogP) is 1.78. The Balaban J connectivity index is 2.56. The van der Waals surface area contributed by atoms with E-state index in [0.717, 1.165) is 13.1 Å². The number of nitrogens with two attached hydrogens (primary N) is 1. The Hall–Kier alpha value is -0.120. The fourth-order valence-corrected chi connectivity index (χ4v) is 3.03. The van der Waals surface area contributed by atoms with Crippen molar-refractivity contribution in [1.82, 2.24) is 9.80 Å². The van der Waals surface area contributed by atoms with E-state index in [1.54, 1.807) is 0 Å². The molecule has 0 aromatic heterocycles. The maximum absolute atomic E-state index is 5.97. The van der Waals surface area contributed by atoms with Crippen molar-refractivity contribution in [2.24, 2.45) is 11.1 Å². The smallest absolute Gasteiger partial charge is 0.0195 e. The normalized spacial score (nSPS) is 31.4. The van der Waals surface area contributed by atoms with Gasteiger partial charge in [-0.05, 0) is 39.3 Å². The van der Waals surface area contributed by atoms with Gasteiger partial charge in [0.05, 0.1) is 0 Å². The van der Waals surface area contributed by atoms with Gasteiger partial charge in [-0.25, -0.2) is 0 Å². The van der Waals surface area contributed by atoms with Crippen molar-refractivity contribution >= 4 is 0 Å². The molecule has 1 heterocycles. The molecule has 0 radical (unpaired) electrons. The van der Waals surface area contributed by atoms with Gasteiger partial charge >= 0.3 is 0 Å². The number of rotatable bonds is 5. The van der Waals surface area contributed by atoms with E-state index in [1.807, 2.05) is 0 Å². The lowest BCUT2D eigenvalue weighted by Crippen LogP contribution is -2.57. The SMILES string of the molecule is CCCC(C)(CN)CN1CC(C)N(C)C(C)C1. The molecule has 0 amide bonds. The first-order valence-corrected chi connectivity index (χ1v) is 7.06. The van der Waals surface area contributed by atoms with Gasteiger partial charge in [0, 0.05) is 31.7 Å². The van der Waals surface area contributed by atoms with E-state index in [2.05, 4.69) is 44.5 Å². The van der Waals surface area contributed by atoms with Crippen molar-refractivity contribution < 1.29 is 0 Å². The zero-order chi connectivity index (χ0) is 13.1. The van der Waals surface area contributed by atoms with Crippen LogP contribution in [0.1, 0.15) is 40.5 Å². The molecule has 0 aromatic rings. The van der Waals surface area contributed by atoms with E-state index in [-0.39, 0.29) is 0 Å². The van der Waals surface area contributed by atoms with Crippen LogP contribution in [-0.4, -0.2) is 55.1 Å². The summed E-state index contributed by atoms with van der Waals surface area (Å²) in [7, 11) is 2.24. The van der Waals surface area contributed by atoms with Crippen molar-refractivity contribution in [2.75, 3.05) is 33.2 Å². The van der Waals surface area contributed by atoms with Gasteiger partial charge in [0.25, 0.3) is 0 Å². The lowest BCUT2D eigenvalue weighted by atomic mass is 9.84. The molecule has 3 nitrogen and oxygen atoms in total. The highest BCUT2D eigenvalue weighted by Gasteiger charge is 2.31. The second-order valence-corrected chi connectivity index (χ2v) is 6.32. The van der Waals surface area contributed by atoms with Crippen LogP contribution in [0.4, 0.5) is 0 Å². The highest BCUT2D eigenvalue weighted by Crippen LogP contribution is 2.25. The Kier molecular flexibility index (Phi) is 5.42. The summed E-state index contributed by atoms with van der Waals surface area (Å²) < 4.78 is 0. The summed E-state index contributed by atoms with van der Waals surface area (Å²) in [6, 6.07) is 1.31. The van der Waals surface area contributed by atoms with Crippen molar-refractivity contribution in [3.63, 3.8) is 0 Å². The van der Waals surface area contributed by atoms with Crippen molar-refractivity contribution in [2.45, 2.75) is 52.6 Å². The molecule has 17 heavy (non-hydrogen) atoms. The minimum Gasteiger partial charge on any atom is -0.330 e. The molecule has 1 aliphatic rings. The second kappa shape index (κ2) is 6.17. The molecule has 3 atom stereocenters. The zero-order valence-electron chi connectivity index (χ0n) is 12.4. The van der Waals surface area contributed by atoms with Crippen LogP contribution in [0.5, 0.6) is 0 Å². The molecule has 0 bridgehead atoms. The molecule has 0 aromatic carbocycles. The first-order valence-electron chi connectivity index (χ1n) is 7.06. The van der Waals surface area contributed by atoms with Crippen LogP contribution in [0.2, 0.25) is 0 Å². The zero-order valence-corrected chi connectivity index (χ0v) is 12.4. The molecular formula is C14H31N3. The monoisotopic (exact) mass is 241 g/mol. The van der Waals surface area contributed by atoms with Crippen LogP contribution in [-0.2, 0) is 0 Å². The Morgan fingerprint density at radius 1 is 1.24 bits per heavy atom. The van der Waals surface area contributed by atoms with Gasteiger partial charge in [0.15, 0.2) is 0 Å². The number of hydrogen-bond acceptors (Lipinski definition) is 3. The Bertz CT molecular complexity index is 220.